The molecule has 18 heavy (non-hydrogen) atoms. The molecule has 0 bridgehead atoms. The molecule has 1 aromatic carbocycles. The van der Waals surface area contributed by atoms with Crippen molar-refractivity contribution in [2.45, 2.75) is 26.3 Å². The first-order chi connectivity index (χ1) is 8.76. The van der Waals surface area contributed by atoms with Crippen molar-refractivity contribution in [3.63, 3.8) is 0 Å². The summed E-state index contributed by atoms with van der Waals surface area (Å²) in [6, 6.07) is 4.73. The Kier molecular flexibility index (Phi) is 7.37. The van der Waals surface area contributed by atoms with Gasteiger partial charge in [-0.1, -0.05) is 13.3 Å². The van der Waals surface area contributed by atoms with Crippen LogP contribution in [0.2, 0.25) is 0 Å². The van der Waals surface area contributed by atoms with Crippen molar-refractivity contribution in [3.8, 4) is 5.75 Å². The third kappa shape index (κ3) is 5.98. The first-order valence-electron chi connectivity index (χ1n) is 6.41. The Morgan fingerprint density at radius 1 is 1.17 bits per heavy atom. The molecule has 0 radical (unpaired) electrons. The summed E-state index contributed by atoms with van der Waals surface area (Å²) in [6.45, 7) is 4.50. The molecule has 1 rings (SSSR count). The number of rotatable bonds is 9. The summed E-state index contributed by atoms with van der Waals surface area (Å²) in [5.41, 5.74) is 0.874. The van der Waals surface area contributed by atoms with Gasteiger partial charge in [0.15, 0.2) is 0 Å². The quantitative estimate of drug-likeness (QED) is 0.688. The minimum atomic E-state index is -0.273. The third-order valence-corrected chi connectivity index (χ3v) is 2.45. The van der Waals surface area contributed by atoms with Crippen molar-refractivity contribution < 1.29 is 13.9 Å². The average molecular weight is 255 g/mol. The van der Waals surface area contributed by atoms with E-state index in [1.165, 1.54) is 12.1 Å². The van der Waals surface area contributed by atoms with Gasteiger partial charge in [0.25, 0.3) is 0 Å². The Balaban J connectivity index is 2.32. The predicted molar refractivity (Wildman–Crippen MR) is 70.4 cm³/mol. The van der Waals surface area contributed by atoms with Crippen molar-refractivity contribution >= 4 is 0 Å². The number of nitrogens with one attached hydrogen (secondary N) is 1. The van der Waals surface area contributed by atoms with Gasteiger partial charge in [-0.15, -0.1) is 0 Å². The number of hydrogen-bond acceptors (Lipinski definition) is 3. The lowest BCUT2D eigenvalue weighted by atomic mass is 10.2. The molecule has 0 saturated heterocycles. The van der Waals surface area contributed by atoms with Crippen molar-refractivity contribution in [1.82, 2.24) is 5.32 Å². The second-order valence-electron chi connectivity index (χ2n) is 4.14. The number of unbranched alkanes of at least 4 members (excludes halogenated alkanes) is 1. The van der Waals surface area contributed by atoms with Crippen LogP contribution in [0.1, 0.15) is 25.3 Å². The molecule has 0 aliphatic rings. The molecular weight excluding hydrogens is 233 g/mol. The highest BCUT2D eigenvalue weighted by molar-refractivity contribution is 5.29. The van der Waals surface area contributed by atoms with Gasteiger partial charge in [0.1, 0.15) is 18.2 Å². The zero-order valence-corrected chi connectivity index (χ0v) is 11.2. The Morgan fingerprint density at radius 2 is 2.00 bits per heavy atom. The predicted octanol–water partition coefficient (Wildman–Crippen LogP) is 2.74. The van der Waals surface area contributed by atoms with E-state index in [1.54, 1.807) is 0 Å². The van der Waals surface area contributed by atoms with E-state index in [-0.39, 0.29) is 5.82 Å². The smallest absolute Gasteiger partial charge is 0.127 e. The van der Waals surface area contributed by atoms with Gasteiger partial charge < -0.3 is 14.8 Å². The van der Waals surface area contributed by atoms with Gasteiger partial charge in [0.05, 0.1) is 6.61 Å². The first kappa shape index (κ1) is 14.9. The lowest BCUT2D eigenvalue weighted by molar-refractivity contribution is 0.0979. The standard InChI is InChI=1S/C14H22FNO2/c1-3-4-5-17-6-7-18-14-9-12(11-16-2)8-13(15)10-14/h8-10,16H,3-7,11H2,1-2H3. The summed E-state index contributed by atoms with van der Waals surface area (Å²) in [5, 5.41) is 2.98. The maximum Gasteiger partial charge on any atom is 0.127 e. The van der Waals surface area contributed by atoms with Gasteiger partial charge in [-0.2, -0.15) is 0 Å². The summed E-state index contributed by atoms with van der Waals surface area (Å²) in [4.78, 5) is 0. The largest absolute Gasteiger partial charge is 0.491 e. The third-order valence-electron chi connectivity index (χ3n) is 2.45. The van der Waals surface area contributed by atoms with Crippen LogP contribution in [0.25, 0.3) is 0 Å². The maximum atomic E-state index is 13.3. The highest BCUT2D eigenvalue weighted by Crippen LogP contribution is 2.16. The maximum absolute atomic E-state index is 13.3. The van der Waals surface area contributed by atoms with E-state index in [4.69, 9.17) is 9.47 Å². The van der Waals surface area contributed by atoms with Gasteiger partial charge in [-0.05, 0) is 31.2 Å². The van der Waals surface area contributed by atoms with Gasteiger partial charge in [-0.3, -0.25) is 0 Å². The van der Waals surface area contributed by atoms with E-state index in [2.05, 4.69) is 12.2 Å². The SMILES string of the molecule is CCCCOCCOc1cc(F)cc(CNC)c1. The monoisotopic (exact) mass is 255 g/mol. The molecule has 0 fully saturated rings. The Labute approximate surface area is 108 Å². The lowest BCUT2D eigenvalue weighted by Gasteiger charge is -2.09. The summed E-state index contributed by atoms with van der Waals surface area (Å²) >= 11 is 0. The molecule has 0 atom stereocenters. The van der Waals surface area contributed by atoms with Crippen molar-refractivity contribution in [3.05, 3.63) is 29.6 Å². The van der Waals surface area contributed by atoms with Gasteiger partial charge in [0.2, 0.25) is 0 Å². The minimum Gasteiger partial charge on any atom is -0.491 e. The molecule has 102 valence electrons. The van der Waals surface area contributed by atoms with Crippen LogP contribution in [0.5, 0.6) is 5.75 Å². The van der Waals surface area contributed by atoms with Crippen LogP contribution in [-0.2, 0) is 11.3 Å². The normalized spacial score (nSPS) is 10.6. The molecule has 0 amide bonds. The van der Waals surface area contributed by atoms with Crippen LogP contribution >= 0.6 is 0 Å². The highest BCUT2D eigenvalue weighted by atomic mass is 19.1. The van der Waals surface area contributed by atoms with Crippen LogP contribution < -0.4 is 10.1 Å². The fourth-order valence-corrected chi connectivity index (χ4v) is 1.58. The number of halogens is 1. The van der Waals surface area contributed by atoms with Gasteiger partial charge >= 0.3 is 0 Å². The summed E-state index contributed by atoms with van der Waals surface area (Å²) < 4.78 is 24.1. The van der Waals surface area contributed by atoms with Crippen molar-refractivity contribution in [2.24, 2.45) is 0 Å². The zero-order valence-electron chi connectivity index (χ0n) is 11.2. The molecule has 0 aromatic heterocycles. The summed E-state index contributed by atoms with van der Waals surface area (Å²) in [6.07, 6.45) is 2.18. The highest BCUT2D eigenvalue weighted by Gasteiger charge is 2.01. The molecule has 0 aliphatic carbocycles. The Morgan fingerprint density at radius 3 is 2.72 bits per heavy atom. The van der Waals surface area contributed by atoms with E-state index in [0.717, 1.165) is 25.0 Å². The second-order valence-corrected chi connectivity index (χ2v) is 4.14. The van der Waals surface area contributed by atoms with E-state index >= 15 is 0 Å². The molecule has 0 heterocycles. The molecule has 4 heteroatoms. The number of ether oxygens (including phenoxy) is 2. The van der Waals surface area contributed by atoms with E-state index in [9.17, 15) is 4.39 Å². The fraction of sp³-hybridized carbons (Fsp3) is 0.571. The molecule has 0 aliphatic heterocycles. The lowest BCUT2D eigenvalue weighted by Crippen LogP contribution is -2.09. The van der Waals surface area contributed by atoms with Crippen molar-refractivity contribution in [2.75, 3.05) is 26.9 Å². The molecule has 0 saturated carbocycles. The first-order valence-corrected chi connectivity index (χ1v) is 6.41. The topological polar surface area (TPSA) is 30.5 Å². The van der Waals surface area contributed by atoms with Crippen LogP contribution in [0, 0.1) is 5.82 Å². The summed E-state index contributed by atoms with van der Waals surface area (Å²) in [7, 11) is 1.83. The summed E-state index contributed by atoms with van der Waals surface area (Å²) in [5.74, 6) is 0.281. The van der Waals surface area contributed by atoms with Crippen LogP contribution in [-0.4, -0.2) is 26.9 Å². The molecule has 1 aromatic rings. The van der Waals surface area contributed by atoms with Crippen molar-refractivity contribution in [1.29, 1.82) is 0 Å². The van der Waals surface area contributed by atoms with E-state index < -0.39 is 0 Å². The Bertz CT molecular complexity index is 345. The van der Waals surface area contributed by atoms with Crippen LogP contribution in [0.3, 0.4) is 0 Å². The van der Waals surface area contributed by atoms with E-state index in [1.807, 2.05) is 13.1 Å². The van der Waals surface area contributed by atoms with Gasteiger partial charge in [0, 0.05) is 19.2 Å². The molecule has 1 N–H and O–H groups in total. The van der Waals surface area contributed by atoms with Crippen LogP contribution in [0.4, 0.5) is 4.39 Å². The molecule has 3 nitrogen and oxygen atoms in total. The fourth-order valence-electron chi connectivity index (χ4n) is 1.58. The number of hydrogen-bond donors (Lipinski definition) is 1. The van der Waals surface area contributed by atoms with Crippen LogP contribution in [0.15, 0.2) is 18.2 Å². The Hall–Kier alpha value is -1.13. The second kappa shape index (κ2) is 8.89. The molecule has 0 spiro atoms. The average Bonchev–Trinajstić information content (AvgIpc) is 2.33. The van der Waals surface area contributed by atoms with E-state index in [0.29, 0.717) is 25.5 Å². The molecular formula is C14H22FNO2. The minimum absolute atomic E-state index is 0.273. The zero-order chi connectivity index (χ0) is 13.2. The molecule has 0 unspecified atom stereocenters. The van der Waals surface area contributed by atoms with Gasteiger partial charge in [-0.25, -0.2) is 4.39 Å². The number of benzene rings is 1.